The number of methoxy groups -OCH3 is 1. The fourth-order valence-electron chi connectivity index (χ4n) is 7.73. The monoisotopic (exact) mass is 481 g/mol. The van der Waals surface area contributed by atoms with Crippen LogP contribution in [0.5, 0.6) is 5.75 Å². The molecule has 0 aliphatic heterocycles. The summed E-state index contributed by atoms with van der Waals surface area (Å²) in [5, 5.41) is 7.59. The molecule has 35 heavy (non-hydrogen) atoms. The second-order valence-corrected chi connectivity index (χ2v) is 12.9. The van der Waals surface area contributed by atoms with Gasteiger partial charge in [0, 0.05) is 21.2 Å². The van der Waals surface area contributed by atoms with E-state index in [1.165, 1.54) is 28.7 Å². The average Bonchev–Trinajstić information content (AvgIpc) is 3.42. The van der Waals surface area contributed by atoms with Crippen LogP contribution in [-0.2, 0) is 5.41 Å². The van der Waals surface area contributed by atoms with Crippen LogP contribution in [0.1, 0.15) is 58.1 Å². The van der Waals surface area contributed by atoms with Gasteiger partial charge in [-0.2, -0.15) is 0 Å². The number of ether oxygens (including phenoxy) is 1. The fraction of sp³-hybridized carbons (Fsp3) is 0.355. The predicted molar refractivity (Wildman–Crippen MR) is 147 cm³/mol. The van der Waals surface area contributed by atoms with E-state index in [9.17, 15) is 4.91 Å². The van der Waals surface area contributed by atoms with Crippen molar-refractivity contribution >= 4 is 27.8 Å². The van der Waals surface area contributed by atoms with Gasteiger partial charge in [-0.25, -0.2) is 0 Å². The molecule has 0 N–H and O–H groups in total. The Bertz CT molecular complexity index is 1460. The molecule has 6 rings (SSSR count). The Kier molecular flexibility index (Phi) is 4.82. The molecule has 4 aromatic rings. The van der Waals surface area contributed by atoms with Gasteiger partial charge in [0.25, 0.3) is 0 Å². The molecule has 0 atom stereocenters. The van der Waals surface area contributed by atoms with E-state index in [0.29, 0.717) is 5.69 Å². The summed E-state index contributed by atoms with van der Waals surface area (Å²) in [6, 6.07) is 19.3. The van der Waals surface area contributed by atoms with Crippen LogP contribution in [0.4, 0.5) is 5.69 Å². The summed E-state index contributed by atoms with van der Waals surface area (Å²) >= 11 is 1.67. The van der Waals surface area contributed by atoms with Crippen molar-refractivity contribution in [3.63, 3.8) is 0 Å². The lowest BCUT2D eigenvalue weighted by Crippen LogP contribution is -2.43. The van der Waals surface area contributed by atoms with Crippen LogP contribution in [0.15, 0.2) is 65.2 Å². The number of fused-ring (bicyclic) bond motifs is 7. The molecule has 3 nitrogen and oxygen atoms in total. The van der Waals surface area contributed by atoms with Gasteiger partial charge in [0.1, 0.15) is 11.4 Å². The first-order valence-corrected chi connectivity index (χ1v) is 13.2. The Morgan fingerprint density at radius 1 is 0.829 bits per heavy atom. The normalized spacial score (nSPS) is 18.9. The molecule has 2 aliphatic rings. The van der Waals surface area contributed by atoms with E-state index in [2.05, 4.69) is 86.8 Å². The highest BCUT2D eigenvalue weighted by Gasteiger charge is 2.53. The molecule has 1 fully saturated rings. The molecule has 178 valence electrons. The molecule has 4 heteroatoms. The molecule has 1 aromatic heterocycles. The zero-order chi connectivity index (χ0) is 24.6. The van der Waals surface area contributed by atoms with Gasteiger partial charge in [-0.1, -0.05) is 58.0 Å². The van der Waals surface area contributed by atoms with Crippen LogP contribution in [0.2, 0.25) is 0 Å². The van der Waals surface area contributed by atoms with Gasteiger partial charge in [-0.3, -0.25) is 0 Å². The maximum atomic E-state index is 12.3. The minimum atomic E-state index is -0.134. The number of hydrogen-bond acceptors (Lipinski definition) is 4. The van der Waals surface area contributed by atoms with Crippen molar-refractivity contribution < 1.29 is 4.74 Å². The van der Waals surface area contributed by atoms with Gasteiger partial charge in [-0.15, -0.1) is 16.2 Å². The first kappa shape index (κ1) is 22.5. The Balaban J connectivity index is 1.73. The van der Waals surface area contributed by atoms with Crippen LogP contribution < -0.4 is 4.74 Å². The average molecular weight is 482 g/mol. The molecule has 2 aliphatic carbocycles. The first-order valence-electron chi connectivity index (χ1n) is 12.3. The third-order valence-electron chi connectivity index (χ3n) is 8.07. The highest BCUT2D eigenvalue weighted by molar-refractivity contribution is 7.13. The highest BCUT2D eigenvalue weighted by atomic mass is 32.1. The second kappa shape index (κ2) is 7.51. The molecule has 3 aromatic carbocycles. The van der Waals surface area contributed by atoms with Gasteiger partial charge in [-0.05, 0) is 92.6 Å². The van der Waals surface area contributed by atoms with Crippen LogP contribution in [0, 0.1) is 15.7 Å². The summed E-state index contributed by atoms with van der Waals surface area (Å²) in [5.74, 6) is 0.827. The molecular formula is C31H31NO2S. The number of hydrogen-bond donors (Lipinski definition) is 0. The van der Waals surface area contributed by atoms with Crippen molar-refractivity contribution in [2.75, 3.05) is 7.11 Å². The number of rotatable bonds is 3. The van der Waals surface area contributed by atoms with Crippen LogP contribution >= 0.6 is 11.3 Å². The van der Waals surface area contributed by atoms with Crippen molar-refractivity contribution in [3.8, 4) is 27.3 Å². The lowest BCUT2D eigenvalue weighted by molar-refractivity contribution is 0.0646. The molecule has 1 saturated carbocycles. The minimum Gasteiger partial charge on any atom is -0.496 e. The lowest BCUT2D eigenvalue weighted by Gasteiger charge is -2.51. The Morgan fingerprint density at radius 2 is 1.57 bits per heavy atom. The van der Waals surface area contributed by atoms with E-state index >= 15 is 0 Å². The smallest absolute Gasteiger partial charge is 0.128 e. The van der Waals surface area contributed by atoms with Crippen molar-refractivity contribution in [2.24, 2.45) is 16.0 Å². The summed E-state index contributed by atoms with van der Waals surface area (Å²) in [5.41, 5.74) is 6.92. The zero-order valence-electron chi connectivity index (χ0n) is 21.1. The van der Waals surface area contributed by atoms with Gasteiger partial charge in [0.2, 0.25) is 0 Å². The predicted octanol–water partition coefficient (Wildman–Crippen LogP) is 9.48. The molecule has 1 heterocycles. The largest absolute Gasteiger partial charge is 0.496 e. The standard InChI is InChI=1S/C31H31NO2S/c1-29(2)16-30(3,4)18-31(17-29)23-10-7-6-9-19(23)28-21-14-26(34-5)22(27-11-8-12-35-27)13-20(21)25(32-33)15-24(28)31/h6-15H,16-18H2,1-5H3. The third kappa shape index (κ3) is 3.30. The summed E-state index contributed by atoms with van der Waals surface area (Å²) in [6.45, 7) is 9.58. The van der Waals surface area contributed by atoms with Gasteiger partial charge in [0.15, 0.2) is 0 Å². The maximum absolute atomic E-state index is 12.3. The van der Waals surface area contributed by atoms with Crippen molar-refractivity contribution in [1.82, 2.24) is 0 Å². The number of nitroso groups, excluding NO2 is 1. The molecule has 0 bridgehead atoms. The molecule has 1 spiro atoms. The molecule has 0 unspecified atom stereocenters. The lowest BCUT2D eigenvalue weighted by atomic mass is 9.52. The Labute approximate surface area is 211 Å². The Hall–Kier alpha value is -2.98. The number of nitrogens with zero attached hydrogens (tertiary/aromatic N) is 1. The number of benzene rings is 3. The Morgan fingerprint density at radius 3 is 2.23 bits per heavy atom. The summed E-state index contributed by atoms with van der Waals surface area (Å²) in [6.07, 6.45) is 3.30. The van der Waals surface area contributed by atoms with E-state index in [0.717, 1.165) is 39.8 Å². The van der Waals surface area contributed by atoms with E-state index in [1.54, 1.807) is 18.4 Å². The van der Waals surface area contributed by atoms with Crippen molar-refractivity contribution in [1.29, 1.82) is 0 Å². The van der Waals surface area contributed by atoms with Crippen LogP contribution in [-0.4, -0.2) is 7.11 Å². The first-order chi connectivity index (χ1) is 16.7. The summed E-state index contributed by atoms with van der Waals surface area (Å²) < 4.78 is 5.90. The zero-order valence-corrected chi connectivity index (χ0v) is 21.9. The molecule has 0 amide bonds. The second-order valence-electron chi connectivity index (χ2n) is 12.0. The SMILES string of the molecule is COc1cc2c3c(cc(N=O)c2cc1-c1cccs1)C1(CC(C)(C)CC(C)(C)C1)c1ccccc1-3. The summed E-state index contributed by atoms with van der Waals surface area (Å²) in [4.78, 5) is 13.4. The van der Waals surface area contributed by atoms with E-state index < -0.39 is 0 Å². The van der Waals surface area contributed by atoms with Crippen LogP contribution in [0.3, 0.4) is 0 Å². The molecular weight excluding hydrogens is 450 g/mol. The number of thiophene rings is 1. The molecule has 0 radical (unpaired) electrons. The maximum Gasteiger partial charge on any atom is 0.128 e. The van der Waals surface area contributed by atoms with Gasteiger partial charge in [0.05, 0.1) is 7.11 Å². The van der Waals surface area contributed by atoms with Crippen molar-refractivity contribution in [2.45, 2.75) is 52.4 Å². The highest BCUT2D eigenvalue weighted by Crippen LogP contribution is 2.65. The molecule has 0 saturated heterocycles. The van der Waals surface area contributed by atoms with E-state index in [1.807, 2.05) is 6.07 Å². The third-order valence-corrected chi connectivity index (χ3v) is 8.97. The minimum absolute atomic E-state index is 0.134. The fourth-order valence-corrected chi connectivity index (χ4v) is 8.48. The van der Waals surface area contributed by atoms with Crippen molar-refractivity contribution in [3.05, 3.63) is 76.0 Å². The van der Waals surface area contributed by atoms with E-state index in [-0.39, 0.29) is 16.2 Å². The van der Waals surface area contributed by atoms with Gasteiger partial charge < -0.3 is 4.74 Å². The van der Waals surface area contributed by atoms with Gasteiger partial charge >= 0.3 is 0 Å². The topological polar surface area (TPSA) is 38.7 Å². The quantitative estimate of drug-likeness (QED) is 0.273. The summed E-state index contributed by atoms with van der Waals surface area (Å²) in [7, 11) is 1.72. The van der Waals surface area contributed by atoms with Crippen LogP contribution in [0.25, 0.3) is 32.3 Å². The van der Waals surface area contributed by atoms with E-state index in [4.69, 9.17) is 4.74 Å².